The van der Waals surface area contributed by atoms with Gasteiger partial charge in [0.1, 0.15) is 17.4 Å². The first-order valence-electron chi connectivity index (χ1n) is 9.90. The summed E-state index contributed by atoms with van der Waals surface area (Å²) in [5.41, 5.74) is -0.727. The molecule has 3 aromatic carbocycles. The first-order chi connectivity index (χ1) is 16.1. The van der Waals surface area contributed by atoms with Gasteiger partial charge in [-0.1, -0.05) is 6.07 Å². The molecule has 1 unspecified atom stereocenters. The number of hydrogen-bond acceptors (Lipinski definition) is 6. The fraction of sp³-hybridized carbons (Fsp3) is 0.0833. The number of rotatable bonds is 4. The number of amides is 1. The second-order valence-electron chi connectivity index (χ2n) is 7.61. The van der Waals surface area contributed by atoms with E-state index in [-0.39, 0.29) is 22.4 Å². The topological polar surface area (TPSA) is 121 Å². The van der Waals surface area contributed by atoms with Gasteiger partial charge in [-0.05, 0) is 66.6 Å². The predicted octanol–water partition coefficient (Wildman–Crippen LogP) is 4.51. The summed E-state index contributed by atoms with van der Waals surface area (Å²) in [4.78, 5) is 37.6. The van der Waals surface area contributed by atoms with Crippen molar-refractivity contribution in [1.29, 1.82) is 0 Å². The van der Waals surface area contributed by atoms with Gasteiger partial charge in [-0.15, -0.1) is 0 Å². The molecule has 4 rings (SSSR count). The molecule has 172 valence electrons. The number of phenols is 1. The van der Waals surface area contributed by atoms with Crippen LogP contribution in [0.2, 0.25) is 0 Å². The van der Waals surface area contributed by atoms with Crippen LogP contribution in [0, 0.1) is 28.7 Å². The first kappa shape index (κ1) is 22.6. The van der Waals surface area contributed by atoms with Crippen molar-refractivity contribution in [2.45, 2.75) is 13.0 Å². The third-order valence-corrected chi connectivity index (χ3v) is 5.49. The van der Waals surface area contributed by atoms with Gasteiger partial charge in [0.05, 0.1) is 16.5 Å². The summed E-state index contributed by atoms with van der Waals surface area (Å²) in [5.74, 6) is -4.56. The summed E-state index contributed by atoms with van der Waals surface area (Å²) in [6.07, 6.45) is 0. The Morgan fingerprint density at radius 1 is 1.03 bits per heavy atom. The number of aromatic hydroxyl groups is 1. The van der Waals surface area contributed by atoms with Gasteiger partial charge < -0.3 is 10.2 Å². The number of carbonyl (C=O) groups excluding carboxylic acids is 2. The summed E-state index contributed by atoms with van der Waals surface area (Å²) in [7, 11) is 0. The van der Waals surface area contributed by atoms with Gasteiger partial charge in [0.25, 0.3) is 11.7 Å². The number of nitrogens with zero attached hydrogens (tertiary/aromatic N) is 2. The van der Waals surface area contributed by atoms with E-state index in [1.54, 1.807) is 0 Å². The molecule has 0 bridgehead atoms. The highest BCUT2D eigenvalue weighted by Crippen LogP contribution is 2.44. The molecule has 1 fully saturated rings. The van der Waals surface area contributed by atoms with Gasteiger partial charge in [-0.25, -0.2) is 8.78 Å². The molecule has 0 radical (unpaired) electrons. The lowest BCUT2D eigenvalue weighted by molar-refractivity contribution is -0.385. The van der Waals surface area contributed by atoms with E-state index >= 15 is 0 Å². The third-order valence-electron chi connectivity index (χ3n) is 5.49. The van der Waals surface area contributed by atoms with Gasteiger partial charge in [0, 0.05) is 17.3 Å². The molecule has 1 saturated heterocycles. The van der Waals surface area contributed by atoms with Crippen LogP contribution in [0.15, 0.2) is 66.2 Å². The first-order valence-corrected chi connectivity index (χ1v) is 9.90. The molecule has 0 spiro atoms. The van der Waals surface area contributed by atoms with E-state index in [0.29, 0.717) is 0 Å². The van der Waals surface area contributed by atoms with Crippen LogP contribution in [-0.4, -0.2) is 26.8 Å². The number of phenolic OH excluding ortho intramolecular Hbond substituents is 1. The van der Waals surface area contributed by atoms with Crippen molar-refractivity contribution in [3.8, 4) is 5.75 Å². The average Bonchev–Trinajstić information content (AvgIpc) is 3.06. The SMILES string of the molecule is Cc1cc(/C(O)=C2/C(=O)C(=O)N(c3ccc(F)cc3)C2c2ccc(O)c([N+](=O)[O-])c2)ccc1F. The second-order valence-corrected chi connectivity index (χ2v) is 7.61. The maximum atomic E-state index is 13.7. The van der Waals surface area contributed by atoms with Crippen LogP contribution in [-0.2, 0) is 9.59 Å². The molecule has 1 aliphatic heterocycles. The molecule has 0 aromatic heterocycles. The van der Waals surface area contributed by atoms with Crippen LogP contribution in [0.3, 0.4) is 0 Å². The van der Waals surface area contributed by atoms with Crippen molar-refractivity contribution >= 4 is 28.8 Å². The molecule has 1 amide bonds. The second kappa shape index (κ2) is 8.39. The van der Waals surface area contributed by atoms with Crippen LogP contribution < -0.4 is 4.90 Å². The summed E-state index contributed by atoms with van der Waals surface area (Å²) in [6.45, 7) is 1.45. The van der Waals surface area contributed by atoms with Crippen LogP contribution in [0.5, 0.6) is 5.75 Å². The minimum absolute atomic E-state index is 0.0356. The zero-order chi connectivity index (χ0) is 24.7. The normalized spacial score (nSPS) is 17.3. The molecule has 1 aliphatic rings. The van der Waals surface area contributed by atoms with E-state index in [4.69, 9.17) is 0 Å². The van der Waals surface area contributed by atoms with E-state index in [0.717, 1.165) is 35.2 Å². The molecule has 1 atom stereocenters. The number of anilines is 1. The van der Waals surface area contributed by atoms with Crippen molar-refractivity contribution in [2.75, 3.05) is 4.90 Å². The lowest BCUT2D eigenvalue weighted by Gasteiger charge is -2.25. The van der Waals surface area contributed by atoms with Gasteiger partial charge in [-0.3, -0.25) is 24.6 Å². The zero-order valence-electron chi connectivity index (χ0n) is 17.5. The maximum absolute atomic E-state index is 13.7. The monoisotopic (exact) mass is 466 g/mol. The molecule has 0 aliphatic carbocycles. The molecule has 34 heavy (non-hydrogen) atoms. The zero-order valence-corrected chi connectivity index (χ0v) is 17.5. The number of halogens is 2. The van der Waals surface area contributed by atoms with Crippen molar-refractivity contribution in [2.24, 2.45) is 0 Å². The smallest absolute Gasteiger partial charge is 0.311 e. The summed E-state index contributed by atoms with van der Waals surface area (Å²) in [5, 5.41) is 32.2. The number of carbonyl (C=O) groups is 2. The highest BCUT2D eigenvalue weighted by Gasteiger charge is 2.47. The largest absolute Gasteiger partial charge is 0.507 e. The number of nitro benzene ring substituents is 1. The van der Waals surface area contributed by atoms with E-state index in [9.17, 15) is 38.7 Å². The maximum Gasteiger partial charge on any atom is 0.311 e. The molecule has 2 N–H and O–H groups in total. The third kappa shape index (κ3) is 3.75. The highest BCUT2D eigenvalue weighted by molar-refractivity contribution is 6.51. The Hall–Kier alpha value is -4.60. The number of aliphatic hydroxyl groups is 1. The van der Waals surface area contributed by atoms with Gasteiger partial charge in [0.15, 0.2) is 5.75 Å². The molecule has 10 heteroatoms. The minimum atomic E-state index is -1.35. The summed E-state index contributed by atoms with van der Waals surface area (Å²) in [6, 6.07) is 10.1. The highest BCUT2D eigenvalue weighted by atomic mass is 19.1. The lowest BCUT2D eigenvalue weighted by Crippen LogP contribution is -2.29. The molecule has 0 saturated carbocycles. The van der Waals surface area contributed by atoms with Crippen molar-refractivity contribution in [1.82, 2.24) is 0 Å². The summed E-state index contributed by atoms with van der Waals surface area (Å²) >= 11 is 0. The Morgan fingerprint density at radius 2 is 1.71 bits per heavy atom. The van der Waals surface area contributed by atoms with Gasteiger partial charge in [-0.2, -0.15) is 0 Å². The number of ketones is 1. The van der Waals surface area contributed by atoms with Gasteiger partial charge >= 0.3 is 5.69 Å². The molecule has 8 nitrogen and oxygen atoms in total. The fourth-order valence-electron chi connectivity index (χ4n) is 3.82. The molecule has 3 aromatic rings. The fourth-order valence-corrected chi connectivity index (χ4v) is 3.82. The van der Waals surface area contributed by atoms with E-state index in [1.807, 2.05) is 0 Å². The number of benzene rings is 3. The Labute approximate surface area is 191 Å². The molecule has 1 heterocycles. The summed E-state index contributed by atoms with van der Waals surface area (Å²) < 4.78 is 27.2. The van der Waals surface area contributed by atoms with E-state index < -0.39 is 57.1 Å². The lowest BCUT2D eigenvalue weighted by atomic mass is 9.94. The van der Waals surface area contributed by atoms with Crippen LogP contribution in [0.1, 0.15) is 22.7 Å². The number of aryl methyl sites for hydroxylation is 1. The van der Waals surface area contributed by atoms with Gasteiger partial charge in [0.2, 0.25) is 0 Å². The Kier molecular flexibility index (Phi) is 5.58. The molecular formula is C24H16F2N2O6. The predicted molar refractivity (Wildman–Crippen MR) is 117 cm³/mol. The van der Waals surface area contributed by atoms with Crippen molar-refractivity contribution in [3.05, 3.63) is 105 Å². The Bertz CT molecular complexity index is 1380. The van der Waals surface area contributed by atoms with Crippen LogP contribution in [0.4, 0.5) is 20.2 Å². The standard InChI is InChI=1S/C24H16F2N2O6/c1-12-10-14(2-8-17(12)26)22(30)20-21(13-3-9-19(29)18(11-13)28(33)34)27(24(32)23(20)31)16-6-4-15(25)5-7-16/h2-11,21,29-30H,1H3/b22-20-. The van der Waals surface area contributed by atoms with Crippen LogP contribution in [0.25, 0.3) is 5.76 Å². The number of Topliss-reactive ketones (excluding diaryl/α,β-unsaturated/α-hetero) is 1. The van der Waals surface area contributed by atoms with E-state index in [1.165, 1.54) is 37.3 Å². The Balaban J connectivity index is 1.99. The number of hydrogen-bond donors (Lipinski definition) is 2. The molecular weight excluding hydrogens is 450 g/mol. The van der Waals surface area contributed by atoms with Crippen LogP contribution >= 0.6 is 0 Å². The minimum Gasteiger partial charge on any atom is -0.507 e. The number of nitro groups is 1. The van der Waals surface area contributed by atoms with E-state index in [2.05, 4.69) is 0 Å². The Morgan fingerprint density at radius 3 is 2.32 bits per heavy atom. The number of aliphatic hydroxyl groups excluding tert-OH is 1. The van der Waals surface area contributed by atoms with Crippen molar-refractivity contribution in [3.63, 3.8) is 0 Å². The average molecular weight is 466 g/mol. The van der Waals surface area contributed by atoms with Crippen molar-refractivity contribution < 1.29 is 33.5 Å². The quantitative estimate of drug-likeness (QED) is 0.192.